The third-order valence-electron chi connectivity index (χ3n) is 5.32. The number of nitrogens with zero attached hydrogens (tertiary/aromatic N) is 5. The van der Waals surface area contributed by atoms with E-state index in [1.165, 1.54) is 0 Å². The molecule has 2 aliphatic rings. The number of aryl methyl sites for hydroxylation is 1. The minimum absolute atomic E-state index is 0.0582. The zero-order chi connectivity index (χ0) is 17.3. The average molecular weight is 339 g/mol. The third-order valence-corrected chi connectivity index (χ3v) is 5.32. The molecule has 0 bridgehead atoms. The van der Waals surface area contributed by atoms with E-state index in [4.69, 9.17) is 4.74 Å². The highest BCUT2D eigenvalue weighted by atomic mass is 16.5. The van der Waals surface area contributed by atoms with Crippen molar-refractivity contribution in [1.82, 2.24) is 19.9 Å². The summed E-state index contributed by atoms with van der Waals surface area (Å²) in [5, 5.41) is 0. The number of hydrogen-bond acceptors (Lipinski definition) is 6. The van der Waals surface area contributed by atoms with Crippen molar-refractivity contribution >= 4 is 5.95 Å². The number of likely N-dealkylation sites (N-methyl/N-ethyl adjacent to an activating group) is 1. The number of aromatic nitrogens is 3. The van der Waals surface area contributed by atoms with E-state index in [1.807, 2.05) is 37.6 Å². The molecule has 0 amide bonds. The van der Waals surface area contributed by atoms with Crippen molar-refractivity contribution in [2.24, 2.45) is 0 Å². The van der Waals surface area contributed by atoms with Gasteiger partial charge in [-0.2, -0.15) is 0 Å². The van der Waals surface area contributed by atoms with Gasteiger partial charge in [0.2, 0.25) is 5.95 Å². The predicted octanol–water partition coefficient (Wildman–Crippen LogP) is 2.05. The second kappa shape index (κ2) is 6.69. The summed E-state index contributed by atoms with van der Waals surface area (Å²) in [4.78, 5) is 18.0. The smallest absolute Gasteiger partial charge is 0.225 e. The summed E-state index contributed by atoms with van der Waals surface area (Å²) in [5.41, 5.74) is 2.13. The van der Waals surface area contributed by atoms with Gasteiger partial charge < -0.3 is 9.64 Å². The Morgan fingerprint density at radius 2 is 2.12 bits per heavy atom. The molecule has 0 aliphatic carbocycles. The van der Waals surface area contributed by atoms with Crippen molar-refractivity contribution in [2.75, 3.05) is 31.6 Å². The first-order chi connectivity index (χ1) is 12.1. The van der Waals surface area contributed by atoms with Crippen LogP contribution in [-0.4, -0.2) is 58.2 Å². The van der Waals surface area contributed by atoms with Crippen molar-refractivity contribution in [3.8, 4) is 0 Å². The molecule has 25 heavy (non-hydrogen) atoms. The highest BCUT2D eigenvalue weighted by Gasteiger charge is 2.47. The molecule has 132 valence electrons. The van der Waals surface area contributed by atoms with E-state index in [0.717, 1.165) is 56.3 Å². The number of hydrogen-bond donors (Lipinski definition) is 0. The summed E-state index contributed by atoms with van der Waals surface area (Å²) in [5.74, 6) is 0.816. The highest BCUT2D eigenvalue weighted by molar-refractivity contribution is 5.33. The van der Waals surface area contributed by atoms with Crippen molar-refractivity contribution in [1.29, 1.82) is 0 Å². The summed E-state index contributed by atoms with van der Waals surface area (Å²) in [6.07, 6.45) is 7.71. The minimum atomic E-state index is -0.0582. The van der Waals surface area contributed by atoms with Gasteiger partial charge in [0, 0.05) is 44.3 Å². The standard InChI is InChI=1S/C19H25N5O/c1-15-10-21-18(22-11-15)24-8-6-19(14-24)9-17(13-25-19)23(2)12-16-5-3-4-7-20-16/h3-5,7,10-11,17H,6,8-9,12-14H2,1-2H3/t17-,19-/m0/s1. The van der Waals surface area contributed by atoms with Crippen LogP contribution in [-0.2, 0) is 11.3 Å². The summed E-state index contributed by atoms with van der Waals surface area (Å²) in [6, 6.07) is 6.51. The van der Waals surface area contributed by atoms with E-state index >= 15 is 0 Å². The molecule has 0 unspecified atom stereocenters. The Kier molecular flexibility index (Phi) is 4.39. The Labute approximate surface area is 148 Å². The van der Waals surface area contributed by atoms with E-state index in [2.05, 4.69) is 37.9 Å². The fourth-order valence-electron chi connectivity index (χ4n) is 3.83. The Bertz CT molecular complexity index is 708. The molecule has 2 fully saturated rings. The predicted molar refractivity (Wildman–Crippen MR) is 96.4 cm³/mol. The molecule has 6 nitrogen and oxygen atoms in total. The topological polar surface area (TPSA) is 54.4 Å². The van der Waals surface area contributed by atoms with Crippen LogP contribution >= 0.6 is 0 Å². The van der Waals surface area contributed by atoms with Gasteiger partial charge in [-0.1, -0.05) is 6.07 Å². The Hall–Kier alpha value is -2.05. The lowest BCUT2D eigenvalue weighted by atomic mass is 9.96. The van der Waals surface area contributed by atoms with Gasteiger partial charge in [0.05, 0.1) is 17.9 Å². The van der Waals surface area contributed by atoms with Crippen LogP contribution in [0.1, 0.15) is 24.1 Å². The van der Waals surface area contributed by atoms with Crippen LogP contribution in [0.15, 0.2) is 36.8 Å². The number of pyridine rings is 1. The molecule has 0 radical (unpaired) electrons. The molecule has 0 N–H and O–H groups in total. The van der Waals surface area contributed by atoms with Crippen molar-refractivity contribution in [2.45, 2.75) is 38.0 Å². The Balaban J connectivity index is 1.38. The monoisotopic (exact) mass is 339 g/mol. The zero-order valence-corrected chi connectivity index (χ0v) is 14.9. The molecule has 4 rings (SSSR count). The van der Waals surface area contributed by atoms with Gasteiger partial charge in [-0.15, -0.1) is 0 Å². The summed E-state index contributed by atoms with van der Waals surface area (Å²) in [7, 11) is 2.16. The molecule has 2 aromatic heterocycles. The third kappa shape index (κ3) is 3.50. The lowest BCUT2D eigenvalue weighted by molar-refractivity contribution is 0.0205. The van der Waals surface area contributed by atoms with Crippen LogP contribution in [0.3, 0.4) is 0 Å². The first-order valence-corrected chi connectivity index (χ1v) is 8.91. The van der Waals surface area contributed by atoms with Crippen LogP contribution < -0.4 is 4.90 Å². The fourth-order valence-corrected chi connectivity index (χ4v) is 3.83. The normalized spacial score (nSPS) is 26.0. The van der Waals surface area contributed by atoms with Crippen LogP contribution in [0.5, 0.6) is 0 Å². The van der Waals surface area contributed by atoms with Crippen molar-refractivity contribution in [3.63, 3.8) is 0 Å². The maximum atomic E-state index is 6.29. The molecule has 2 atom stereocenters. The van der Waals surface area contributed by atoms with E-state index in [9.17, 15) is 0 Å². The van der Waals surface area contributed by atoms with Gasteiger partial charge in [0.25, 0.3) is 0 Å². The molecular formula is C19H25N5O. The molecule has 2 aliphatic heterocycles. The van der Waals surface area contributed by atoms with Crippen LogP contribution in [0, 0.1) is 6.92 Å². The van der Waals surface area contributed by atoms with Crippen LogP contribution in [0.4, 0.5) is 5.95 Å². The largest absolute Gasteiger partial charge is 0.371 e. The maximum Gasteiger partial charge on any atom is 0.225 e. The fraction of sp³-hybridized carbons (Fsp3) is 0.526. The Morgan fingerprint density at radius 3 is 2.88 bits per heavy atom. The van der Waals surface area contributed by atoms with Gasteiger partial charge in [0.15, 0.2) is 0 Å². The second-order valence-corrected chi connectivity index (χ2v) is 7.32. The van der Waals surface area contributed by atoms with Gasteiger partial charge in [-0.25, -0.2) is 9.97 Å². The molecule has 4 heterocycles. The molecular weight excluding hydrogens is 314 g/mol. The lowest BCUT2D eigenvalue weighted by Crippen LogP contribution is -2.36. The first-order valence-electron chi connectivity index (χ1n) is 8.91. The van der Waals surface area contributed by atoms with Crippen LogP contribution in [0.25, 0.3) is 0 Å². The SMILES string of the molecule is Cc1cnc(N2CC[C@]3(C[C@H](N(C)Cc4ccccn4)CO3)C2)nc1. The molecule has 0 saturated carbocycles. The number of anilines is 1. The van der Waals surface area contributed by atoms with E-state index in [-0.39, 0.29) is 5.60 Å². The first kappa shape index (κ1) is 16.4. The van der Waals surface area contributed by atoms with Gasteiger partial charge in [0.1, 0.15) is 0 Å². The zero-order valence-electron chi connectivity index (χ0n) is 14.9. The van der Waals surface area contributed by atoms with Gasteiger partial charge >= 0.3 is 0 Å². The summed E-state index contributed by atoms with van der Waals surface area (Å²) < 4.78 is 6.29. The highest BCUT2D eigenvalue weighted by Crippen LogP contribution is 2.37. The van der Waals surface area contributed by atoms with E-state index in [0.29, 0.717) is 6.04 Å². The lowest BCUT2D eigenvalue weighted by Gasteiger charge is -2.25. The average Bonchev–Trinajstić information content (AvgIpc) is 3.24. The summed E-state index contributed by atoms with van der Waals surface area (Å²) >= 11 is 0. The van der Waals surface area contributed by atoms with Crippen molar-refractivity contribution < 1.29 is 4.74 Å². The molecule has 1 spiro atoms. The van der Waals surface area contributed by atoms with Crippen molar-refractivity contribution in [3.05, 3.63) is 48.0 Å². The number of ether oxygens (including phenoxy) is 1. The molecule has 2 saturated heterocycles. The molecule has 0 aromatic carbocycles. The van der Waals surface area contributed by atoms with Gasteiger partial charge in [-0.3, -0.25) is 9.88 Å². The minimum Gasteiger partial charge on any atom is -0.371 e. The Morgan fingerprint density at radius 1 is 1.28 bits per heavy atom. The van der Waals surface area contributed by atoms with E-state index < -0.39 is 0 Å². The quantitative estimate of drug-likeness (QED) is 0.850. The van der Waals surface area contributed by atoms with Crippen LogP contribution in [0.2, 0.25) is 0 Å². The van der Waals surface area contributed by atoms with Gasteiger partial charge in [-0.05, 0) is 44.5 Å². The summed E-state index contributed by atoms with van der Waals surface area (Å²) in [6.45, 7) is 5.49. The molecule has 2 aromatic rings. The maximum absolute atomic E-state index is 6.29. The number of rotatable bonds is 4. The molecule has 6 heteroatoms. The second-order valence-electron chi connectivity index (χ2n) is 7.32. The van der Waals surface area contributed by atoms with E-state index in [1.54, 1.807) is 0 Å².